The van der Waals surface area contributed by atoms with Crippen molar-refractivity contribution >= 4 is 11.0 Å². The number of benzene rings is 3. The van der Waals surface area contributed by atoms with Crippen molar-refractivity contribution in [3.05, 3.63) is 101 Å². The summed E-state index contributed by atoms with van der Waals surface area (Å²) < 4.78 is 0. The van der Waals surface area contributed by atoms with Gasteiger partial charge in [-0.05, 0) is 42.2 Å². The third kappa shape index (κ3) is 2.61. The van der Waals surface area contributed by atoms with Crippen molar-refractivity contribution in [2.24, 2.45) is 0 Å². The zero-order valence-electron chi connectivity index (χ0n) is 14.0. The summed E-state index contributed by atoms with van der Waals surface area (Å²) in [5.74, 6) is 1.11. The highest BCUT2D eigenvalue weighted by Gasteiger charge is 2.20. The predicted molar refractivity (Wildman–Crippen MR) is 99.4 cm³/mol. The van der Waals surface area contributed by atoms with E-state index in [4.69, 9.17) is 4.98 Å². The summed E-state index contributed by atoms with van der Waals surface area (Å²) in [4.78, 5) is 8.51. The van der Waals surface area contributed by atoms with Gasteiger partial charge in [0.2, 0.25) is 0 Å². The zero-order valence-corrected chi connectivity index (χ0v) is 14.0. The highest BCUT2D eigenvalue weighted by molar-refractivity contribution is 5.80. The molecule has 0 aliphatic rings. The minimum absolute atomic E-state index is 0.111. The maximum absolute atomic E-state index is 4.95. The fourth-order valence-corrected chi connectivity index (χ4v) is 3.43. The average Bonchev–Trinajstić information content (AvgIpc) is 3.01. The molecule has 4 rings (SSSR count). The highest BCUT2D eigenvalue weighted by atomic mass is 14.9. The van der Waals surface area contributed by atoms with Gasteiger partial charge in [0.05, 0.1) is 17.0 Å². The number of aromatic amines is 1. The number of aryl methyl sites for hydroxylation is 2. The smallest absolute Gasteiger partial charge is 0.119 e. The summed E-state index contributed by atoms with van der Waals surface area (Å²) in [6.07, 6.45) is 0. The van der Waals surface area contributed by atoms with Crippen LogP contribution in [0.25, 0.3) is 11.0 Å². The lowest BCUT2D eigenvalue weighted by Crippen LogP contribution is -2.05. The molecule has 0 aliphatic carbocycles. The molecule has 0 saturated carbocycles. The monoisotopic (exact) mass is 312 g/mol. The number of rotatable bonds is 3. The molecule has 2 heteroatoms. The maximum atomic E-state index is 4.95. The zero-order chi connectivity index (χ0) is 16.5. The minimum Gasteiger partial charge on any atom is -0.341 e. The molecular formula is C22H20N2. The predicted octanol–water partition coefficient (Wildman–Crippen LogP) is 5.36. The number of fused-ring (bicyclic) bond motifs is 1. The number of nitrogens with zero attached hydrogens (tertiary/aromatic N) is 1. The van der Waals surface area contributed by atoms with Crippen LogP contribution < -0.4 is 0 Å². The lowest BCUT2D eigenvalue weighted by atomic mass is 9.91. The highest BCUT2D eigenvalue weighted by Crippen LogP contribution is 2.32. The van der Waals surface area contributed by atoms with Crippen LogP contribution in [-0.2, 0) is 0 Å². The molecule has 0 saturated heterocycles. The van der Waals surface area contributed by atoms with Crippen molar-refractivity contribution in [3.8, 4) is 0 Å². The van der Waals surface area contributed by atoms with E-state index < -0.39 is 0 Å². The molecule has 118 valence electrons. The van der Waals surface area contributed by atoms with Gasteiger partial charge >= 0.3 is 0 Å². The lowest BCUT2D eigenvalue weighted by molar-refractivity contribution is 0.890. The largest absolute Gasteiger partial charge is 0.341 e. The molecule has 0 atom stereocenters. The number of aromatic nitrogens is 2. The van der Waals surface area contributed by atoms with Crippen LogP contribution in [0.5, 0.6) is 0 Å². The normalized spacial score (nSPS) is 11.3. The molecule has 0 aliphatic heterocycles. The van der Waals surface area contributed by atoms with E-state index >= 15 is 0 Å². The molecule has 1 aromatic heterocycles. The standard InChI is InChI=1S/C22H20N2/c1-15-13-16(2)21-19(14-15)23-22(24-21)20(17-9-5-3-6-10-17)18-11-7-4-8-12-18/h3-14,20H,1-2H3,(H,23,24). The summed E-state index contributed by atoms with van der Waals surface area (Å²) >= 11 is 0. The molecule has 1 N–H and O–H groups in total. The Bertz CT molecular complexity index is 929. The molecule has 0 amide bonds. The van der Waals surface area contributed by atoms with Gasteiger partial charge in [-0.2, -0.15) is 0 Å². The molecule has 0 bridgehead atoms. The van der Waals surface area contributed by atoms with Gasteiger partial charge < -0.3 is 4.98 Å². The van der Waals surface area contributed by atoms with Crippen molar-refractivity contribution in [3.63, 3.8) is 0 Å². The van der Waals surface area contributed by atoms with Gasteiger partial charge in [0.15, 0.2) is 0 Å². The molecule has 4 aromatic rings. The molecule has 0 spiro atoms. The van der Waals surface area contributed by atoms with Crippen molar-refractivity contribution in [1.29, 1.82) is 0 Å². The second-order valence-corrected chi connectivity index (χ2v) is 6.35. The SMILES string of the molecule is Cc1cc(C)c2nc(C(c3ccccc3)c3ccccc3)[nH]c2c1. The van der Waals surface area contributed by atoms with Crippen LogP contribution in [0.1, 0.15) is 34.0 Å². The van der Waals surface area contributed by atoms with Crippen molar-refractivity contribution in [2.45, 2.75) is 19.8 Å². The van der Waals surface area contributed by atoms with Crippen LogP contribution >= 0.6 is 0 Å². The first kappa shape index (κ1) is 14.7. The number of H-pyrrole nitrogens is 1. The second-order valence-electron chi connectivity index (χ2n) is 6.35. The summed E-state index contributed by atoms with van der Waals surface area (Å²) in [7, 11) is 0. The van der Waals surface area contributed by atoms with E-state index in [0.717, 1.165) is 16.9 Å². The molecular weight excluding hydrogens is 292 g/mol. The van der Waals surface area contributed by atoms with E-state index in [1.165, 1.54) is 22.3 Å². The van der Waals surface area contributed by atoms with Crippen LogP contribution in [0.3, 0.4) is 0 Å². The van der Waals surface area contributed by atoms with Gasteiger partial charge in [-0.3, -0.25) is 0 Å². The number of hydrogen-bond donors (Lipinski definition) is 1. The molecule has 0 unspecified atom stereocenters. The topological polar surface area (TPSA) is 28.7 Å². The fraction of sp³-hybridized carbons (Fsp3) is 0.136. The molecule has 0 radical (unpaired) electrons. The molecule has 1 heterocycles. The van der Waals surface area contributed by atoms with Crippen LogP contribution in [0, 0.1) is 13.8 Å². The van der Waals surface area contributed by atoms with Gasteiger partial charge in [0, 0.05) is 0 Å². The molecule has 0 fully saturated rings. The van der Waals surface area contributed by atoms with Gasteiger partial charge in [0.25, 0.3) is 0 Å². The Morgan fingerprint density at radius 2 is 1.38 bits per heavy atom. The summed E-state index contributed by atoms with van der Waals surface area (Å²) in [6.45, 7) is 4.25. The van der Waals surface area contributed by atoms with Crippen molar-refractivity contribution < 1.29 is 0 Å². The van der Waals surface area contributed by atoms with Crippen molar-refractivity contribution in [1.82, 2.24) is 9.97 Å². The second kappa shape index (κ2) is 5.97. The number of nitrogens with one attached hydrogen (secondary N) is 1. The Kier molecular flexibility index (Phi) is 3.66. The van der Waals surface area contributed by atoms with E-state index in [1.54, 1.807) is 0 Å². The summed E-state index contributed by atoms with van der Waals surface area (Å²) in [5.41, 5.74) is 7.14. The first-order chi connectivity index (χ1) is 11.7. The van der Waals surface area contributed by atoms with Gasteiger partial charge in [-0.25, -0.2) is 4.98 Å². The van der Waals surface area contributed by atoms with E-state index in [-0.39, 0.29) is 5.92 Å². The third-order valence-electron chi connectivity index (χ3n) is 4.48. The quantitative estimate of drug-likeness (QED) is 0.542. The minimum atomic E-state index is 0.111. The Hall–Kier alpha value is -2.87. The van der Waals surface area contributed by atoms with Crippen molar-refractivity contribution in [2.75, 3.05) is 0 Å². The van der Waals surface area contributed by atoms with E-state index in [1.807, 2.05) is 0 Å². The van der Waals surface area contributed by atoms with Crippen LogP contribution in [0.15, 0.2) is 72.8 Å². The number of imidazole rings is 1. The van der Waals surface area contributed by atoms with E-state index in [2.05, 4.69) is 91.6 Å². The molecule has 2 nitrogen and oxygen atoms in total. The fourth-order valence-electron chi connectivity index (χ4n) is 3.43. The Morgan fingerprint density at radius 3 is 1.96 bits per heavy atom. The Balaban J connectivity index is 1.93. The van der Waals surface area contributed by atoms with E-state index in [9.17, 15) is 0 Å². The maximum Gasteiger partial charge on any atom is 0.119 e. The van der Waals surface area contributed by atoms with Crippen LogP contribution in [0.2, 0.25) is 0 Å². The van der Waals surface area contributed by atoms with Gasteiger partial charge in [0.1, 0.15) is 5.82 Å². The third-order valence-corrected chi connectivity index (χ3v) is 4.48. The Morgan fingerprint density at radius 1 is 0.792 bits per heavy atom. The van der Waals surface area contributed by atoms with E-state index in [0.29, 0.717) is 0 Å². The first-order valence-electron chi connectivity index (χ1n) is 8.29. The van der Waals surface area contributed by atoms with Crippen LogP contribution in [-0.4, -0.2) is 9.97 Å². The van der Waals surface area contributed by atoms with Gasteiger partial charge in [-0.15, -0.1) is 0 Å². The molecule has 3 aromatic carbocycles. The Labute approximate surface area is 142 Å². The lowest BCUT2D eigenvalue weighted by Gasteiger charge is -2.15. The summed E-state index contributed by atoms with van der Waals surface area (Å²) in [6, 6.07) is 25.5. The van der Waals surface area contributed by atoms with Crippen LogP contribution in [0.4, 0.5) is 0 Å². The summed E-state index contributed by atoms with van der Waals surface area (Å²) in [5, 5.41) is 0. The number of hydrogen-bond acceptors (Lipinski definition) is 1. The van der Waals surface area contributed by atoms with Gasteiger partial charge in [-0.1, -0.05) is 66.7 Å². The molecule has 24 heavy (non-hydrogen) atoms. The first-order valence-corrected chi connectivity index (χ1v) is 8.29. The average molecular weight is 312 g/mol.